The summed E-state index contributed by atoms with van der Waals surface area (Å²) in [4.78, 5) is 28.2. The maximum Gasteiger partial charge on any atom is 0.238 e. The van der Waals surface area contributed by atoms with Crippen LogP contribution < -0.4 is 5.32 Å². The highest BCUT2D eigenvalue weighted by atomic mass is 19.1. The molecule has 1 N–H and O–H groups in total. The summed E-state index contributed by atoms with van der Waals surface area (Å²) in [6.45, 7) is 10.2. The van der Waals surface area contributed by atoms with E-state index >= 15 is 0 Å². The quantitative estimate of drug-likeness (QED) is 0.922. The van der Waals surface area contributed by atoms with Gasteiger partial charge in [-0.3, -0.25) is 14.5 Å². The molecule has 0 spiro atoms. The lowest BCUT2D eigenvalue weighted by atomic mass is 9.94. The zero-order valence-electron chi connectivity index (χ0n) is 14.9. The van der Waals surface area contributed by atoms with Gasteiger partial charge in [0, 0.05) is 37.3 Å². The van der Waals surface area contributed by atoms with Crippen LogP contribution in [0.1, 0.15) is 26.3 Å². The lowest BCUT2D eigenvalue weighted by molar-refractivity contribution is -0.141. The van der Waals surface area contributed by atoms with Gasteiger partial charge in [0.15, 0.2) is 0 Å². The minimum Gasteiger partial charge on any atom is -0.340 e. The molecule has 24 heavy (non-hydrogen) atoms. The summed E-state index contributed by atoms with van der Waals surface area (Å²) in [6, 6.07) is 4.66. The normalized spacial score (nSPS) is 16.1. The second-order valence-corrected chi connectivity index (χ2v) is 7.33. The number of piperazine rings is 1. The smallest absolute Gasteiger partial charge is 0.238 e. The molecule has 1 aromatic carbocycles. The van der Waals surface area contributed by atoms with E-state index in [0.717, 1.165) is 0 Å². The SMILES string of the molecule is Cc1ccc(NC(=O)CN2CCN(C(=O)C(C)(C)C)CC2)cc1F. The molecule has 0 bridgehead atoms. The molecule has 2 rings (SSSR count). The summed E-state index contributed by atoms with van der Waals surface area (Å²) in [7, 11) is 0. The van der Waals surface area contributed by atoms with Crippen molar-refractivity contribution in [3.05, 3.63) is 29.6 Å². The molecule has 1 fully saturated rings. The monoisotopic (exact) mass is 335 g/mol. The zero-order chi connectivity index (χ0) is 17.9. The Morgan fingerprint density at radius 3 is 2.33 bits per heavy atom. The minimum atomic E-state index is -0.380. The first kappa shape index (κ1) is 18.4. The van der Waals surface area contributed by atoms with Crippen molar-refractivity contribution in [1.82, 2.24) is 9.80 Å². The number of nitrogens with one attached hydrogen (secondary N) is 1. The summed E-state index contributed by atoms with van der Waals surface area (Å²) in [5.41, 5.74) is 0.631. The Kier molecular flexibility index (Phi) is 5.59. The van der Waals surface area contributed by atoms with Gasteiger partial charge in [-0.2, -0.15) is 0 Å². The van der Waals surface area contributed by atoms with E-state index in [1.807, 2.05) is 30.6 Å². The minimum absolute atomic E-state index is 0.140. The second kappa shape index (κ2) is 7.30. The molecule has 0 atom stereocenters. The van der Waals surface area contributed by atoms with Crippen LogP contribution in [0.2, 0.25) is 0 Å². The molecule has 5 nitrogen and oxygen atoms in total. The van der Waals surface area contributed by atoms with Crippen molar-refractivity contribution in [2.24, 2.45) is 5.41 Å². The van der Waals surface area contributed by atoms with Gasteiger partial charge < -0.3 is 10.2 Å². The maximum absolute atomic E-state index is 13.5. The highest BCUT2D eigenvalue weighted by Crippen LogP contribution is 2.18. The number of aryl methyl sites for hydroxylation is 1. The van der Waals surface area contributed by atoms with Gasteiger partial charge >= 0.3 is 0 Å². The second-order valence-electron chi connectivity index (χ2n) is 7.33. The molecule has 1 aliphatic heterocycles. The molecule has 0 radical (unpaired) electrons. The van der Waals surface area contributed by atoms with Gasteiger partial charge in [-0.05, 0) is 24.6 Å². The fourth-order valence-corrected chi connectivity index (χ4v) is 2.66. The fourth-order valence-electron chi connectivity index (χ4n) is 2.66. The van der Waals surface area contributed by atoms with Gasteiger partial charge in [0.2, 0.25) is 11.8 Å². The number of rotatable bonds is 3. The van der Waals surface area contributed by atoms with Crippen molar-refractivity contribution in [3.8, 4) is 0 Å². The first-order valence-corrected chi connectivity index (χ1v) is 8.24. The number of anilines is 1. The molecule has 6 heteroatoms. The van der Waals surface area contributed by atoms with E-state index in [-0.39, 0.29) is 29.6 Å². The molecule has 132 valence electrons. The summed E-state index contributed by atoms with van der Waals surface area (Å²) in [6.07, 6.45) is 0. The van der Waals surface area contributed by atoms with Gasteiger partial charge in [0.05, 0.1) is 6.54 Å². The Morgan fingerprint density at radius 1 is 1.17 bits per heavy atom. The Morgan fingerprint density at radius 2 is 1.79 bits per heavy atom. The van der Waals surface area contributed by atoms with Crippen molar-refractivity contribution >= 4 is 17.5 Å². The maximum atomic E-state index is 13.5. The van der Waals surface area contributed by atoms with E-state index < -0.39 is 0 Å². The third-order valence-electron chi connectivity index (χ3n) is 4.12. The van der Waals surface area contributed by atoms with E-state index in [2.05, 4.69) is 5.32 Å². The molecule has 1 saturated heterocycles. The molecule has 2 amide bonds. The largest absolute Gasteiger partial charge is 0.340 e. The third kappa shape index (κ3) is 4.77. The standard InChI is InChI=1S/C18H26FN3O2/c1-13-5-6-14(11-15(13)19)20-16(23)12-21-7-9-22(10-8-21)17(24)18(2,3)4/h5-6,11H,7-10,12H2,1-4H3,(H,20,23). The van der Waals surface area contributed by atoms with Crippen LogP contribution in [-0.2, 0) is 9.59 Å². The van der Waals surface area contributed by atoms with Crippen molar-refractivity contribution < 1.29 is 14.0 Å². The highest BCUT2D eigenvalue weighted by Gasteiger charge is 2.29. The fraction of sp³-hybridized carbons (Fsp3) is 0.556. The summed E-state index contributed by atoms with van der Waals surface area (Å²) < 4.78 is 13.5. The molecule has 0 saturated carbocycles. The average molecular weight is 335 g/mol. The molecular formula is C18H26FN3O2. The van der Waals surface area contributed by atoms with Gasteiger partial charge in [-0.25, -0.2) is 4.39 Å². The number of nitrogens with zero attached hydrogens (tertiary/aromatic N) is 2. The van der Waals surface area contributed by atoms with Crippen LogP contribution in [0.3, 0.4) is 0 Å². The van der Waals surface area contributed by atoms with E-state index in [4.69, 9.17) is 0 Å². The van der Waals surface area contributed by atoms with Gasteiger partial charge in [-0.15, -0.1) is 0 Å². The number of hydrogen-bond donors (Lipinski definition) is 1. The van der Waals surface area contributed by atoms with Crippen molar-refractivity contribution in [2.45, 2.75) is 27.7 Å². The van der Waals surface area contributed by atoms with Crippen LogP contribution in [0.4, 0.5) is 10.1 Å². The topological polar surface area (TPSA) is 52.7 Å². The number of carbonyl (C=O) groups is 2. The first-order valence-electron chi connectivity index (χ1n) is 8.24. The summed E-state index contributed by atoms with van der Waals surface area (Å²) in [5, 5.41) is 2.71. The van der Waals surface area contributed by atoms with E-state index in [1.54, 1.807) is 19.1 Å². The number of amides is 2. The lowest BCUT2D eigenvalue weighted by Gasteiger charge is -2.37. The predicted octanol–water partition coefficient (Wildman–Crippen LogP) is 2.26. The number of hydrogen-bond acceptors (Lipinski definition) is 3. The van der Waals surface area contributed by atoms with Crippen molar-refractivity contribution in [2.75, 3.05) is 38.0 Å². The number of halogens is 1. The predicted molar refractivity (Wildman–Crippen MR) is 92.2 cm³/mol. The molecule has 1 aliphatic rings. The zero-order valence-corrected chi connectivity index (χ0v) is 14.9. The van der Waals surface area contributed by atoms with E-state index in [9.17, 15) is 14.0 Å². The summed E-state index contributed by atoms with van der Waals surface area (Å²) in [5.74, 6) is -0.363. The molecule has 0 unspecified atom stereocenters. The number of carbonyl (C=O) groups excluding carboxylic acids is 2. The molecular weight excluding hydrogens is 309 g/mol. The third-order valence-corrected chi connectivity index (χ3v) is 4.12. The van der Waals surface area contributed by atoms with Crippen LogP contribution in [0.25, 0.3) is 0 Å². The lowest BCUT2D eigenvalue weighted by Crippen LogP contribution is -2.52. The van der Waals surface area contributed by atoms with Crippen molar-refractivity contribution in [3.63, 3.8) is 0 Å². The molecule has 1 heterocycles. The van der Waals surface area contributed by atoms with Crippen LogP contribution in [0.15, 0.2) is 18.2 Å². The first-order chi connectivity index (χ1) is 11.2. The Balaban J connectivity index is 1.82. The Bertz CT molecular complexity index is 617. The molecule has 0 aromatic heterocycles. The van der Waals surface area contributed by atoms with E-state index in [1.165, 1.54) is 6.07 Å². The van der Waals surface area contributed by atoms with Gasteiger partial charge in [-0.1, -0.05) is 26.8 Å². The van der Waals surface area contributed by atoms with Crippen LogP contribution in [-0.4, -0.2) is 54.3 Å². The van der Waals surface area contributed by atoms with Gasteiger partial charge in [0.25, 0.3) is 0 Å². The van der Waals surface area contributed by atoms with E-state index in [0.29, 0.717) is 37.4 Å². The van der Waals surface area contributed by atoms with Crippen LogP contribution in [0, 0.1) is 18.2 Å². The van der Waals surface area contributed by atoms with Crippen molar-refractivity contribution in [1.29, 1.82) is 0 Å². The Labute approximate surface area is 142 Å². The molecule has 0 aliphatic carbocycles. The number of benzene rings is 1. The van der Waals surface area contributed by atoms with Crippen LogP contribution >= 0.6 is 0 Å². The van der Waals surface area contributed by atoms with Crippen LogP contribution in [0.5, 0.6) is 0 Å². The molecule has 1 aromatic rings. The summed E-state index contributed by atoms with van der Waals surface area (Å²) >= 11 is 0. The van der Waals surface area contributed by atoms with Gasteiger partial charge in [0.1, 0.15) is 5.82 Å². The Hall–Kier alpha value is -1.95. The average Bonchev–Trinajstić information content (AvgIpc) is 2.50. The highest BCUT2D eigenvalue weighted by molar-refractivity contribution is 5.92.